The zero-order valence-electron chi connectivity index (χ0n) is 45.6. The second-order valence-electron chi connectivity index (χ2n) is 20.3. The van der Waals surface area contributed by atoms with Crippen molar-refractivity contribution in [2.45, 2.75) is 81.5 Å². The van der Waals surface area contributed by atoms with Crippen molar-refractivity contribution in [2.24, 2.45) is 0 Å². The van der Waals surface area contributed by atoms with Gasteiger partial charge in [0.2, 0.25) is 5.91 Å². The Morgan fingerprint density at radius 3 is 2.15 bits per heavy atom. The number of nitrogens with one attached hydrogen (secondary N) is 2. The van der Waals surface area contributed by atoms with Crippen molar-refractivity contribution >= 4 is 90.0 Å². The lowest BCUT2D eigenvalue weighted by Gasteiger charge is -2.30. The number of pyridine rings is 1. The maximum atomic E-state index is 17.0. The van der Waals surface area contributed by atoms with Gasteiger partial charge in [-0.3, -0.25) is 32.6 Å². The van der Waals surface area contributed by atoms with E-state index in [1.54, 1.807) is 6.07 Å². The second-order valence-corrected chi connectivity index (χ2v) is 26.3. The molecule has 0 unspecified atom stereocenters. The lowest BCUT2D eigenvalue weighted by Crippen LogP contribution is -2.39. The number of amides is 1. The number of aromatic nitrogens is 7. The van der Waals surface area contributed by atoms with Crippen molar-refractivity contribution in [1.82, 2.24) is 50.0 Å². The van der Waals surface area contributed by atoms with E-state index in [-0.39, 0.29) is 40.9 Å². The van der Waals surface area contributed by atoms with E-state index in [4.69, 9.17) is 53.2 Å². The van der Waals surface area contributed by atoms with Crippen molar-refractivity contribution in [3.8, 4) is 0 Å². The number of para-hydroxylation sites is 1. The van der Waals surface area contributed by atoms with Crippen molar-refractivity contribution in [3.05, 3.63) is 132 Å². The highest BCUT2D eigenvalue weighted by molar-refractivity contribution is 8.54. The normalized spacial score (nSPS) is 27.0. The molecule has 3 fully saturated rings. The number of carbonyl (C=O) groups is 1. The summed E-state index contributed by atoms with van der Waals surface area (Å²) in [5.41, 5.74) is 27.2. The molecule has 4 aromatic heterocycles. The third-order valence-electron chi connectivity index (χ3n) is 14.8. The SMILES string of the molecule is B[P@@]1(=O)OC[C@H]2O[C@@H](n3cnc4c(N)ccnc43)[C@H](F)[C@@H]2O[P@@](=O)(SCc2ccc(COCCOCCOCCN3NNC4=C3c3ccccc3N(C(=O)CC)Cc3ccccc34)cc2)OC[C@H]2O[C@@H](n3cnc4c(N)ncnc43)[C@H](F)[C@@H]2O1. The first-order chi connectivity index (χ1) is 40.8. The number of nitrogen functional groups attached to an aromatic ring is 2. The van der Waals surface area contributed by atoms with Crippen LogP contribution in [-0.4, -0.2) is 142 Å². The van der Waals surface area contributed by atoms with Gasteiger partial charge in [-0.2, -0.15) is 0 Å². The largest absolute Gasteiger partial charge is 0.397 e. The van der Waals surface area contributed by atoms with Crippen LogP contribution in [0.4, 0.5) is 26.0 Å². The summed E-state index contributed by atoms with van der Waals surface area (Å²) in [4.78, 5) is 36.1. The van der Waals surface area contributed by atoms with Gasteiger partial charge >= 0.3 is 6.80 Å². The number of hydrogen-bond acceptors (Lipinski definition) is 23. The lowest BCUT2D eigenvalue weighted by atomic mass is 9.96. The van der Waals surface area contributed by atoms with Crippen molar-refractivity contribution in [3.63, 3.8) is 0 Å². The van der Waals surface area contributed by atoms with Crippen LogP contribution in [-0.2, 0) is 74.6 Å². The van der Waals surface area contributed by atoms with Crippen LogP contribution in [0.25, 0.3) is 33.7 Å². The number of anilines is 3. The maximum Gasteiger partial charge on any atom is 0.389 e. The molecule has 10 atom stereocenters. The first-order valence-corrected chi connectivity index (χ1v) is 32.3. The Morgan fingerprint density at radius 1 is 0.762 bits per heavy atom. The Bertz CT molecular complexity index is 3670. The van der Waals surface area contributed by atoms with Gasteiger partial charge in [0.25, 0.3) is 15.0 Å². The third kappa shape index (κ3) is 11.9. The van der Waals surface area contributed by atoms with Crippen LogP contribution in [0.5, 0.6) is 0 Å². The van der Waals surface area contributed by atoms with E-state index in [2.05, 4.69) is 48.0 Å². The number of nitrogens with two attached hydrogens (primary N) is 2. The Morgan fingerprint density at radius 2 is 1.40 bits per heavy atom. The van der Waals surface area contributed by atoms with E-state index < -0.39 is 76.7 Å². The lowest BCUT2D eigenvalue weighted by molar-refractivity contribution is -0.118. The van der Waals surface area contributed by atoms with Crippen LogP contribution in [0.3, 0.4) is 0 Å². The smallest absolute Gasteiger partial charge is 0.389 e. The van der Waals surface area contributed by atoms with Gasteiger partial charge in [0.15, 0.2) is 41.9 Å². The molecule has 3 saturated heterocycles. The Labute approximate surface area is 485 Å². The summed E-state index contributed by atoms with van der Waals surface area (Å²) < 4.78 is 120. The highest BCUT2D eigenvalue weighted by Gasteiger charge is 2.55. The standard InChI is InChI=1S/C53H60BF2N13O12P2S/c1-2-40(70)66-23-33-7-3-4-8-34(33)43-46(35-9-5-6-10-37(35)66)69(65-64-43)17-18-73-19-20-74-21-22-75-24-31-11-13-32(14-12-31)27-84-83(72)77-26-39-47(41(55)52(79-39)68-30-63-45-49(58)60-28-61-51(45)68)80-82(54,71)76-25-38-48(81-83)42(56)53(78-38)67-29-62-44-36(57)15-16-59-50(44)67/h3-16,28-30,38-39,41-42,47-48,52-53,64-65H,2,17-27,54H2,1H3,(H2,57,59)(H2,58,60,61)/t38-,39-,41-,42-,47-,48-,52-,53-,82-,83+/m1/s1. The first kappa shape index (κ1) is 58.0. The molecule has 7 aromatic rings. The summed E-state index contributed by atoms with van der Waals surface area (Å²) in [5, 5.41) is 2.01. The molecule has 3 aromatic carbocycles. The van der Waals surface area contributed by atoms with Crippen LogP contribution < -0.4 is 27.3 Å². The molecule has 84 heavy (non-hydrogen) atoms. The molecule has 0 radical (unpaired) electrons. The monoisotopic (exact) mass is 1210 g/mol. The summed E-state index contributed by atoms with van der Waals surface area (Å²) in [6, 6.07) is 25.0. The number of fused-ring (bicyclic) bond motifs is 8. The summed E-state index contributed by atoms with van der Waals surface area (Å²) in [6.07, 6.45) is -7.34. The van der Waals surface area contributed by atoms with Gasteiger partial charge in [-0.1, -0.05) is 73.7 Å². The Hall–Kier alpha value is -6.43. The fraction of sp³-hybridized carbons (Fsp3) is 0.396. The molecule has 0 spiro atoms. The summed E-state index contributed by atoms with van der Waals surface area (Å²) in [6.45, 7) is -0.795. The fourth-order valence-corrected chi connectivity index (χ4v) is 15.1. The molecule has 1 amide bonds. The molecule has 5 aliphatic rings. The predicted molar refractivity (Wildman–Crippen MR) is 308 cm³/mol. The number of carbonyl (C=O) groups excluding carboxylic acids is 1. The first-order valence-electron chi connectivity index (χ1n) is 27.2. The number of nitrogens with zero attached hydrogens (tertiary/aromatic N) is 9. The molecular weight excluding hydrogens is 1150 g/mol. The van der Waals surface area contributed by atoms with E-state index in [9.17, 15) is 9.36 Å². The van der Waals surface area contributed by atoms with Crippen molar-refractivity contribution in [2.75, 3.05) is 69.2 Å². The van der Waals surface area contributed by atoms with Crippen LogP contribution >= 0.6 is 25.7 Å². The molecule has 442 valence electrons. The van der Waals surface area contributed by atoms with Gasteiger partial charge < -0.3 is 54.5 Å². The molecule has 0 aliphatic carbocycles. The highest BCUT2D eigenvalue weighted by atomic mass is 32.7. The average Bonchev–Trinajstić information content (AvgIpc) is 2.24. The van der Waals surface area contributed by atoms with E-state index >= 15 is 13.3 Å². The molecule has 0 saturated carbocycles. The number of hydrogen-bond donors (Lipinski definition) is 4. The highest BCUT2D eigenvalue weighted by Crippen LogP contribution is 2.65. The summed E-state index contributed by atoms with van der Waals surface area (Å²) in [7, 11) is -3.05. The number of benzene rings is 3. The summed E-state index contributed by atoms with van der Waals surface area (Å²) in [5.74, 6) is 0.148. The zero-order chi connectivity index (χ0) is 58.1. The minimum atomic E-state index is -4.48. The molecule has 31 heteroatoms. The number of halogens is 2. The van der Waals surface area contributed by atoms with Gasteiger partial charge in [-0.15, -0.1) is 5.53 Å². The maximum absolute atomic E-state index is 17.0. The fourth-order valence-electron chi connectivity index (χ4n) is 10.6. The van der Waals surface area contributed by atoms with Gasteiger partial charge in [0.1, 0.15) is 41.8 Å². The summed E-state index contributed by atoms with van der Waals surface area (Å²) >= 11 is 0.772. The zero-order valence-corrected chi connectivity index (χ0v) is 48.2. The molecule has 0 bridgehead atoms. The van der Waals surface area contributed by atoms with E-state index in [0.717, 1.165) is 58.3 Å². The van der Waals surface area contributed by atoms with E-state index in [1.165, 1.54) is 34.3 Å². The van der Waals surface area contributed by atoms with E-state index in [1.807, 2.05) is 77.5 Å². The average molecular weight is 1210 g/mol. The van der Waals surface area contributed by atoms with Crippen molar-refractivity contribution < 1.29 is 64.5 Å². The van der Waals surface area contributed by atoms with Gasteiger partial charge in [0.05, 0.1) is 101 Å². The van der Waals surface area contributed by atoms with Gasteiger partial charge in [-0.25, -0.2) is 38.3 Å². The van der Waals surface area contributed by atoms with Gasteiger partial charge in [0, 0.05) is 29.5 Å². The molecule has 25 nitrogen and oxygen atoms in total. The third-order valence-corrected chi connectivity index (χ3v) is 19.7. The van der Waals surface area contributed by atoms with Gasteiger partial charge in [-0.05, 0) is 40.2 Å². The quantitative estimate of drug-likeness (QED) is 0.0451. The molecule has 5 aliphatic heterocycles. The van der Waals surface area contributed by atoms with Crippen LogP contribution in [0, 0.1) is 0 Å². The number of ether oxygens (including phenoxy) is 5. The number of rotatable bonds is 17. The van der Waals surface area contributed by atoms with Crippen LogP contribution in [0.15, 0.2) is 104 Å². The van der Waals surface area contributed by atoms with Crippen molar-refractivity contribution in [1.29, 1.82) is 0 Å². The topological polar surface area (TPSA) is 291 Å². The number of imidazole rings is 2. The minimum Gasteiger partial charge on any atom is -0.397 e. The molecule has 6 N–H and O–H groups in total. The molecule has 9 heterocycles. The predicted octanol–water partition coefficient (Wildman–Crippen LogP) is 6.16. The Kier molecular flexibility index (Phi) is 17.2. The van der Waals surface area contributed by atoms with E-state index in [0.29, 0.717) is 69.3 Å². The van der Waals surface area contributed by atoms with Crippen LogP contribution in [0.2, 0.25) is 0 Å². The number of hydrazine groups is 2. The van der Waals surface area contributed by atoms with Crippen LogP contribution in [0.1, 0.15) is 53.6 Å². The molecule has 12 rings (SSSR count). The Balaban J connectivity index is 0.653. The molecular formula is C53H60BF2N13O12P2S. The second kappa shape index (κ2) is 24.9. The number of alkyl halides is 2. The minimum absolute atomic E-state index is 0.0437.